The molecule has 0 saturated heterocycles. The van der Waals surface area contributed by atoms with Crippen LogP contribution in [-0.2, 0) is 6.54 Å². The molecule has 0 spiro atoms. The molecule has 0 aliphatic rings. The van der Waals surface area contributed by atoms with Gasteiger partial charge in [-0.15, -0.1) is 10.2 Å². The summed E-state index contributed by atoms with van der Waals surface area (Å²) >= 11 is 0. The number of aromatic nitrogens is 3. The molecular formula is C16H14N4O3. The van der Waals surface area contributed by atoms with E-state index in [9.17, 15) is 4.79 Å². The highest BCUT2D eigenvalue weighted by atomic mass is 16.5. The van der Waals surface area contributed by atoms with Gasteiger partial charge in [0.25, 0.3) is 5.91 Å². The van der Waals surface area contributed by atoms with Crippen LogP contribution < -0.4 is 10.1 Å². The number of hydrogen-bond acceptors (Lipinski definition) is 6. The number of methoxy groups -OCH3 is 1. The van der Waals surface area contributed by atoms with E-state index >= 15 is 0 Å². The summed E-state index contributed by atoms with van der Waals surface area (Å²) in [5.74, 6) is 1.09. The highest BCUT2D eigenvalue weighted by molar-refractivity contribution is 5.94. The third kappa shape index (κ3) is 3.52. The molecule has 0 fully saturated rings. The maximum absolute atomic E-state index is 12.1. The predicted molar refractivity (Wildman–Crippen MR) is 81.7 cm³/mol. The van der Waals surface area contributed by atoms with E-state index in [0.717, 1.165) is 5.56 Å². The van der Waals surface area contributed by atoms with E-state index in [4.69, 9.17) is 9.15 Å². The minimum absolute atomic E-state index is 0.147. The van der Waals surface area contributed by atoms with Crippen LogP contribution in [0, 0.1) is 0 Å². The van der Waals surface area contributed by atoms with Crippen molar-refractivity contribution in [3.63, 3.8) is 0 Å². The Morgan fingerprint density at radius 3 is 2.83 bits per heavy atom. The SMILES string of the molecule is COc1cccc(C(=O)NCc2nnc(-c3ccncc3)o2)c1. The molecule has 1 amide bonds. The van der Waals surface area contributed by atoms with Crippen molar-refractivity contribution in [1.82, 2.24) is 20.5 Å². The standard InChI is InChI=1S/C16H14N4O3/c1-22-13-4-2-3-12(9-13)15(21)18-10-14-19-20-16(23-14)11-5-7-17-8-6-11/h2-9H,10H2,1H3,(H,18,21). The lowest BCUT2D eigenvalue weighted by atomic mass is 10.2. The lowest BCUT2D eigenvalue weighted by Gasteiger charge is -2.04. The Bertz CT molecular complexity index is 802. The molecule has 0 saturated carbocycles. The predicted octanol–water partition coefficient (Wildman–Crippen LogP) is 2.07. The smallest absolute Gasteiger partial charge is 0.251 e. The lowest BCUT2D eigenvalue weighted by molar-refractivity contribution is 0.0947. The Hall–Kier alpha value is -3.22. The van der Waals surface area contributed by atoms with E-state index in [1.165, 1.54) is 0 Å². The molecule has 3 rings (SSSR count). The van der Waals surface area contributed by atoms with Gasteiger partial charge in [0.15, 0.2) is 0 Å². The van der Waals surface area contributed by atoms with Crippen LogP contribution in [0.15, 0.2) is 53.2 Å². The first-order valence-corrected chi connectivity index (χ1v) is 6.91. The molecule has 7 nitrogen and oxygen atoms in total. The van der Waals surface area contributed by atoms with Gasteiger partial charge in [0.1, 0.15) is 5.75 Å². The van der Waals surface area contributed by atoms with E-state index in [-0.39, 0.29) is 12.5 Å². The van der Waals surface area contributed by atoms with Crippen LogP contribution in [0.5, 0.6) is 5.75 Å². The number of carbonyl (C=O) groups excluding carboxylic acids is 1. The number of carbonyl (C=O) groups is 1. The third-order valence-electron chi connectivity index (χ3n) is 3.13. The second kappa shape index (κ2) is 6.69. The van der Waals surface area contributed by atoms with E-state index in [0.29, 0.717) is 23.1 Å². The van der Waals surface area contributed by atoms with E-state index < -0.39 is 0 Å². The number of pyridine rings is 1. The van der Waals surface area contributed by atoms with Crippen molar-refractivity contribution in [1.29, 1.82) is 0 Å². The van der Waals surface area contributed by atoms with Crippen molar-refractivity contribution in [3.8, 4) is 17.2 Å². The minimum atomic E-state index is -0.243. The van der Waals surface area contributed by atoms with Gasteiger partial charge in [-0.25, -0.2) is 0 Å². The molecule has 0 bridgehead atoms. The monoisotopic (exact) mass is 310 g/mol. The quantitative estimate of drug-likeness (QED) is 0.776. The zero-order valence-electron chi connectivity index (χ0n) is 12.4. The van der Waals surface area contributed by atoms with E-state index in [1.54, 1.807) is 55.9 Å². The maximum atomic E-state index is 12.1. The van der Waals surface area contributed by atoms with Crippen molar-refractivity contribution in [2.24, 2.45) is 0 Å². The van der Waals surface area contributed by atoms with Crippen molar-refractivity contribution < 1.29 is 13.9 Å². The summed E-state index contributed by atoms with van der Waals surface area (Å²) in [5, 5.41) is 10.6. The molecule has 2 heterocycles. The van der Waals surface area contributed by atoms with Gasteiger partial charge in [0.05, 0.1) is 13.7 Å². The summed E-state index contributed by atoms with van der Waals surface area (Å²) in [7, 11) is 1.55. The molecule has 1 aromatic carbocycles. The topological polar surface area (TPSA) is 90.1 Å². The van der Waals surface area contributed by atoms with Gasteiger partial charge in [0, 0.05) is 23.5 Å². The van der Waals surface area contributed by atoms with Crippen molar-refractivity contribution in [2.45, 2.75) is 6.54 Å². The van der Waals surface area contributed by atoms with Crippen LogP contribution >= 0.6 is 0 Å². The average molecular weight is 310 g/mol. The fourth-order valence-corrected chi connectivity index (χ4v) is 1.96. The number of ether oxygens (including phenoxy) is 1. The first-order valence-electron chi connectivity index (χ1n) is 6.91. The number of amides is 1. The summed E-state index contributed by atoms with van der Waals surface area (Å²) < 4.78 is 10.6. The van der Waals surface area contributed by atoms with Crippen LogP contribution in [0.25, 0.3) is 11.5 Å². The molecule has 0 aliphatic heterocycles. The minimum Gasteiger partial charge on any atom is -0.497 e. The molecule has 116 valence electrons. The lowest BCUT2D eigenvalue weighted by Crippen LogP contribution is -2.22. The van der Waals surface area contributed by atoms with Crippen molar-refractivity contribution in [2.75, 3.05) is 7.11 Å². The number of nitrogens with one attached hydrogen (secondary N) is 1. The first-order chi connectivity index (χ1) is 11.3. The number of hydrogen-bond donors (Lipinski definition) is 1. The van der Waals surface area contributed by atoms with Gasteiger partial charge in [-0.05, 0) is 30.3 Å². The fraction of sp³-hybridized carbons (Fsp3) is 0.125. The Morgan fingerprint density at radius 2 is 2.04 bits per heavy atom. The van der Waals surface area contributed by atoms with Crippen LogP contribution in [0.1, 0.15) is 16.2 Å². The summed E-state index contributed by atoms with van der Waals surface area (Å²) in [6.07, 6.45) is 3.29. The molecule has 2 aromatic heterocycles. The van der Waals surface area contributed by atoms with Gasteiger partial charge in [-0.3, -0.25) is 9.78 Å². The highest BCUT2D eigenvalue weighted by Crippen LogP contribution is 2.16. The van der Waals surface area contributed by atoms with Gasteiger partial charge in [-0.2, -0.15) is 0 Å². The number of nitrogens with zero attached hydrogens (tertiary/aromatic N) is 3. The fourth-order valence-electron chi connectivity index (χ4n) is 1.96. The highest BCUT2D eigenvalue weighted by Gasteiger charge is 2.11. The van der Waals surface area contributed by atoms with Crippen LogP contribution in [0.4, 0.5) is 0 Å². The normalized spacial score (nSPS) is 10.3. The largest absolute Gasteiger partial charge is 0.497 e. The summed E-state index contributed by atoms with van der Waals surface area (Å²) in [6.45, 7) is 0.147. The first kappa shape index (κ1) is 14.7. The van der Waals surface area contributed by atoms with Gasteiger partial charge in [0.2, 0.25) is 11.8 Å². The molecule has 3 aromatic rings. The molecular weight excluding hydrogens is 296 g/mol. The Kier molecular flexibility index (Phi) is 4.28. The van der Waals surface area contributed by atoms with Crippen molar-refractivity contribution in [3.05, 3.63) is 60.2 Å². The zero-order chi connectivity index (χ0) is 16.1. The average Bonchev–Trinajstić information content (AvgIpc) is 3.09. The Balaban J connectivity index is 1.64. The van der Waals surface area contributed by atoms with Crippen LogP contribution in [-0.4, -0.2) is 28.2 Å². The number of benzene rings is 1. The molecule has 7 heteroatoms. The second-order valence-corrected chi connectivity index (χ2v) is 4.65. The third-order valence-corrected chi connectivity index (χ3v) is 3.13. The van der Waals surface area contributed by atoms with Crippen LogP contribution in [0.2, 0.25) is 0 Å². The summed E-state index contributed by atoms with van der Waals surface area (Å²) in [5.41, 5.74) is 1.27. The molecule has 0 unspecified atom stereocenters. The zero-order valence-corrected chi connectivity index (χ0v) is 12.4. The van der Waals surface area contributed by atoms with E-state index in [2.05, 4.69) is 20.5 Å². The van der Waals surface area contributed by atoms with Crippen LogP contribution in [0.3, 0.4) is 0 Å². The van der Waals surface area contributed by atoms with Gasteiger partial charge < -0.3 is 14.5 Å². The van der Waals surface area contributed by atoms with Crippen molar-refractivity contribution >= 4 is 5.91 Å². The van der Waals surface area contributed by atoms with Gasteiger partial charge in [-0.1, -0.05) is 6.07 Å². The van der Waals surface area contributed by atoms with E-state index in [1.807, 2.05) is 0 Å². The summed E-state index contributed by atoms with van der Waals surface area (Å²) in [4.78, 5) is 16.0. The molecule has 0 radical (unpaired) electrons. The molecule has 0 atom stereocenters. The maximum Gasteiger partial charge on any atom is 0.251 e. The Morgan fingerprint density at radius 1 is 1.22 bits per heavy atom. The van der Waals surface area contributed by atoms with Gasteiger partial charge >= 0.3 is 0 Å². The molecule has 23 heavy (non-hydrogen) atoms. The molecule has 0 aliphatic carbocycles. The molecule has 1 N–H and O–H groups in total. The number of rotatable bonds is 5. The second-order valence-electron chi connectivity index (χ2n) is 4.65. The Labute approximate surface area is 132 Å². The summed E-state index contributed by atoms with van der Waals surface area (Å²) in [6, 6.07) is 10.4.